The molecule has 3 nitrogen and oxygen atoms in total. The summed E-state index contributed by atoms with van der Waals surface area (Å²) < 4.78 is 13.0. The number of benzene rings is 1. The van der Waals surface area contributed by atoms with E-state index in [1.54, 1.807) is 24.5 Å². The molecular formula is C17H17FN2O. The van der Waals surface area contributed by atoms with Crippen LogP contribution in [0.25, 0.3) is 0 Å². The first kappa shape index (κ1) is 13.7. The van der Waals surface area contributed by atoms with Crippen molar-refractivity contribution >= 4 is 5.91 Å². The number of rotatable bonds is 4. The molecule has 1 saturated carbocycles. The van der Waals surface area contributed by atoms with Crippen LogP contribution in [0.5, 0.6) is 0 Å². The Morgan fingerprint density at radius 2 is 1.81 bits per heavy atom. The van der Waals surface area contributed by atoms with E-state index in [-0.39, 0.29) is 17.8 Å². The molecule has 2 aromatic rings. The number of hydrogen-bond acceptors (Lipinski definition) is 2. The van der Waals surface area contributed by atoms with Crippen molar-refractivity contribution in [1.82, 2.24) is 10.3 Å². The van der Waals surface area contributed by atoms with Gasteiger partial charge in [0.05, 0.1) is 11.5 Å². The van der Waals surface area contributed by atoms with Crippen LogP contribution in [0.4, 0.5) is 4.39 Å². The van der Waals surface area contributed by atoms with Crippen molar-refractivity contribution in [2.45, 2.75) is 31.2 Å². The van der Waals surface area contributed by atoms with Crippen LogP contribution in [-0.2, 0) is 10.2 Å². The Bertz CT molecular complexity index is 636. The van der Waals surface area contributed by atoms with E-state index < -0.39 is 5.41 Å². The molecule has 1 N–H and O–H groups in total. The van der Waals surface area contributed by atoms with E-state index >= 15 is 0 Å². The molecule has 1 amide bonds. The van der Waals surface area contributed by atoms with Gasteiger partial charge in [-0.1, -0.05) is 12.1 Å². The van der Waals surface area contributed by atoms with Crippen LogP contribution in [0.1, 0.15) is 36.9 Å². The molecule has 4 heteroatoms. The average molecular weight is 284 g/mol. The minimum Gasteiger partial charge on any atom is -0.349 e. The lowest BCUT2D eigenvalue weighted by atomic mass is 9.94. The van der Waals surface area contributed by atoms with Crippen molar-refractivity contribution in [2.24, 2.45) is 0 Å². The van der Waals surface area contributed by atoms with Gasteiger partial charge in [0.1, 0.15) is 5.82 Å². The maximum atomic E-state index is 13.0. The molecule has 108 valence electrons. The summed E-state index contributed by atoms with van der Waals surface area (Å²) in [6.45, 7) is 1.95. The van der Waals surface area contributed by atoms with Crippen molar-refractivity contribution < 1.29 is 9.18 Å². The number of halogens is 1. The van der Waals surface area contributed by atoms with Gasteiger partial charge < -0.3 is 5.32 Å². The van der Waals surface area contributed by atoms with Gasteiger partial charge in [0.2, 0.25) is 5.91 Å². The first-order chi connectivity index (χ1) is 10.1. The van der Waals surface area contributed by atoms with Crippen LogP contribution in [0, 0.1) is 5.82 Å². The van der Waals surface area contributed by atoms with Crippen molar-refractivity contribution in [2.75, 3.05) is 0 Å². The summed E-state index contributed by atoms with van der Waals surface area (Å²) in [5.41, 5.74) is 1.44. The fourth-order valence-electron chi connectivity index (χ4n) is 2.61. The number of hydrogen-bond donors (Lipinski definition) is 1. The van der Waals surface area contributed by atoms with Crippen molar-refractivity contribution in [3.63, 3.8) is 0 Å². The van der Waals surface area contributed by atoms with E-state index in [9.17, 15) is 9.18 Å². The third-order valence-electron chi connectivity index (χ3n) is 4.14. The van der Waals surface area contributed by atoms with E-state index in [0.717, 1.165) is 24.0 Å². The highest BCUT2D eigenvalue weighted by atomic mass is 19.1. The third kappa shape index (κ3) is 2.66. The number of nitrogens with one attached hydrogen (secondary N) is 1. The van der Waals surface area contributed by atoms with E-state index in [1.807, 2.05) is 19.1 Å². The number of amides is 1. The monoisotopic (exact) mass is 284 g/mol. The van der Waals surface area contributed by atoms with Gasteiger partial charge in [-0.25, -0.2) is 4.39 Å². The molecule has 0 aliphatic heterocycles. The second kappa shape index (κ2) is 5.28. The smallest absolute Gasteiger partial charge is 0.231 e. The number of pyridine rings is 1. The third-order valence-corrected chi connectivity index (χ3v) is 4.14. The predicted molar refractivity (Wildman–Crippen MR) is 78.1 cm³/mol. The van der Waals surface area contributed by atoms with Crippen molar-refractivity contribution in [3.8, 4) is 0 Å². The van der Waals surface area contributed by atoms with E-state index in [4.69, 9.17) is 0 Å². The second-order valence-electron chi connectivity index (χ2n) is 5.56. The SMILES string of the molecule is C[C@@H](NC(=O)C1(c2ccc(F)cc2)CC1)c1ccncc1. The van der Waals surface area contributed by atoms with Gasteiger partial charge in [-0.2, -0.15) is 0 Å². The number of carbonyl (C=O) groups is 1. The lowest BCUT2D eigenvalue weighted by Gasteiger charge is -2.20. The Hall–Kier alpha value is -2.23. The summed E-state index contributed by atoms with van der Waals surface area (Å²) in [5, 5.41) is 3.05. The highest BCUT2D eigenvalue weighted by Crippen LogP contribution is 2.48. The molecule has 0 radical (unpaired) electrons. The summed E-state index contributed by atoms with van der Waals surface area (Å²) in [4.78, 5) is 16.6. The topological polar surface area (TPSA) is 42.0 Å². The number of nitrogens with zero attached hydrogens (tertiary/aromatic N) is 1. The molecular weight excluding hydrogens is 267 g/mol. The normalized spacial score (nSPS) is 17.0. The Morgan fingerprint density at radius 1 is 1.19 bits per heavy atom. The standard InChI is InChI=1S/C17H17FN2O/c1-12(13-6-10-19-11-7-13)20-16(21)17(8-9-17)14-2-4-15(18)5-3-14/h2-7,10-12H,8-9H2,1H3,(H,20,21)/t12-/m1/s1. The van der Waals surface area contributed by atoms with Crippen LogP contribution < -0.4 is 5.32 Å². The van der Waals surface area contributed by atoms with E-state index in [2.05, 4.69) is 10.3 Å². The van der Waals surface area contributed by atoms with Gasteiger partial charge in [-0.15, -0.1) is 0 Å². The van der Waals surface area contributed by atoms with Gasteiger partial charge >= 0.3 is 0 Å². The molecule has 0 unspecified atom stereocenters. The van der Waals surface area contributed by atoms with Crippen LogP contribution in [0.15, 0.2) is 48.8 Å². The maximum absolute atomic E-state index is 13.0. The molecule has 0 spiro atoms. The highest BCUT2D eigenvalue weighted by molar-refractivity contribution is 5.91. The van der Waals surface area contributed by atoms with E-state index in [1.165, 1.54) is 12.1 Å². The van der Waals surface area contributed by atoms with Crippen LogP contribution in [0.2, 0.25) is 0 Å². The van der Waals surface area contributed by atoms with E-state index in [0.29, 0.717) is 0 Å². The summed E-state index contributed by atoms with van der Waals surface area (Å²) in [6, 6.07) is 9.95. The van der Waals surface area contributed by atoms with Crippen molar-refractivity contribution in [1.29, 1.82) is 0 Å². The molecule has 0 bridgehead atoms. The Kier molecular flexibility index (Phi) is 3.45. The molecule has 3 rings (SSSR count). The van der Waals surface area contributed by atoms with Gasteiger partial charge in [0.15, 0.2) is 0 Å². The molecule has 0 saturated heterocycles. The second-order valence-corrected chi connectivity index (χ2v) is 5.56. The zero-order chi connectivity index (χ0) is 14.9. The molecule has 1 aromatic carbocycles. The molecule has 1 heterocycles. The molecule has 1 aliphatic rings. The molecule has 21 heavy (non-hydrogen) atoms. The summed E-state index contributed by atoms with van der Waals surface area (Å²) in [6.07, 6.45) is 5.05. The number of aromatic nitrogens is 1. The average Bonchev–Trinajstić information content (AvgIpc) is 3.30. The summed E-state index contributed by atoms with van der Waals surface area (Å²) >= 11 is 0. The largest absolute Gasteiger partial charge is 0.349 e. The molecule has 1 aliphatic carbocycles. The minimum atomic E-state index is -0.477. The zero-order valence-electron chi connectivity index (χ0n) is 11.8. The lowest BCUT2D eigenvalue weighted by Crippen LogP contribution is -2.36. The van der Waals surface area contributed by atoms with Gasteiger partial charge in [0.25, 0.3) is 0 Å². The minimum absolute atomic E-state index is 0.0124. The van der Waals surface area contributed by atoms with Gasteiger partial charge in [-0.05, 0) is 55.2 Å². The highest BCUT2D eigenvalue weighted by Gasteiger charge is 2.51. The van der Waals surface area contributed by atoms with Crippen molar-refractivity contribution in [3.05, 3.63) is 65.7 Å². The predicted octanol–water partition coefficient (Wildman–Crippen LogP) is 3.13. The van der Waals surface area contributed by atoms with Gasteiger partial charge in [-0.3, -0.25) is 9.78 Å². The maximum Gasteiger partial charge on any atom is 0.231 e. The summed E-state index contributed by atoms with van der Waals surface area (Å²) in [5.74, 6) is -0.265. The summed E-state index contributed by atoms with van der Waals surface area (Å²) in [7, 11) is 0. The fraction of sp³-hybridized carbons (Fsp3) is 0.294. The quantitative estimate of drug-likeness (QED) is 0.937. The Morgan fingerprint density at radius 3 is 2.38 bits per heavy atom. The Labute approximate surface area is 123 Å². The Balaban J connectivity index is 1.75. The van der Waals surface area contributed by atoms with Gasteiger partial charge in [0, 0.05) is 12.4 Å². The molecule has 1 fully saturated rings. The first-order valence-electron chi connectivity index (χ1n) is 7.09. The molecule has 1 aromatic heterocycles. The van der Waals surface area contributed by atoms with Crippen LogP contribution >= 0.6 is 0 Å². The fourth-order valence-corrected chi connectivity index (χ4v) is 2.61. The van der Waals surface area contributed by atoms with Crippen LogP contribution in [0.3, 0.4) is 0 Å². The van der Waals surface area contributed by atoms with Crippen LogP contribution in [-0.4, -0.2) is 10.9 Å². The first-order valence-corrected chi connectivity index (χ1v) is 7.09. The lowest BCUT2D eigenvalue weighted by molar-refractivity contribution is -0.124. The molecule has 1 atom stereocenters. The zero-order valence-corrected chi connectivity index (χ0v) is 11.8. The number of carbonyl (C=O) groups excluding carboxylic acids is 1.